The number of aryl methyl sites for hydroxylation is 1. The molecule has 0 amide bonds. The van der Waals surface area contributed by atoms with Crippen LogP contribution in [0, 0.1) is 17.3 Å². The Labute approximate surface area is 173 Å². The lowest BCUT2D eigenvalue weighted by atomic mass is 9.55. The van der Waals surface area contributed by atoms with Gasteiger partial charge in [0.2, 0.25) is 0 Å². The lowest BCUT2D eigenvalue weighted by Crippen LogP contribution is -2.42. The van der Waals surface area contributed by atoms with Gasteiger partial charge in [0.1, 0.15) is 5.78 Å². The number of carbonyl (C=O) groups is 2. The number of benzene rings is 1. The minimum atomic E-state index is -3.41. The van der Waals surface area contributed by atoms with Gasteiger partial charge < -0.3 is 4.74 Å². The van der Waals surface area contributed by atoms with Crippen molar-refractivity contribution in [1.82, 2.24) is 0 Å². The Morgan fingerprint density at radius 1 is 1.21 bits per heavy atom. The van der Waals surface area contributed by atoms with Gasteiger partial charge in [-0.3, -0.25) is 9.59 Å². The molecule has 0 aliphatic heterocycles. The Kier molecular flexibility index (Phi) is 5.34. The quantitative estimate of drug-likeness (QED) is 0.679. The zero-order valence-corrected chi connectivity index (χ0v) is 18.1. The molecule has 29 heavy (non-hydrogen) atoms. The number of ketones is 1. The van der Waals surface area contributed by atoms with Gasteiger partial charge >= 0.3 is 5.97 Å². The topological polar surface area (TPSA) is 77.5 Å². The standard InChI is InChI=1S/C23H30O5S/c1-23-12-11-18-17-8-6-16(29(26,27)13-3-4-22(25)28-2)14-15(17)5-7-19(18)20(23)9-10-21(23)24/h6,8,14,18-20H,3-5,7,9-13H2,1-2H3/t18-,19-,20+,23+/m1/s1. The van der Waals surface area contributed by atoms with Crippen LogP contribution in [0.5, 0.6) is 0 Å². The van der Waals surface area contributed by atoms with Crippen molar-refractivity contribution in [3.8, 4) is 0 Å². The molecule has 4 rings (SSSR count). The molecule has 3 aliphatic carbocycles. The van der Waals surface area contributed by atoms with E-state index in [2.05, 4.69) is 11.7 Å². The second kappa shape index (κ2) is 7.53. The number of esters is 1. The molecule has 4 atom stereocenters. The number of methoxy groups -OCH3 is 1. The van der Waals surface area contributed by atoms with Crippen LogP contribution >= 0.6 is 0 Å². The fraction of sp³-hybridized carbons (Fsp3) is 0.652. The van der Waals surface area contributed by atoms with Crippen LogP contribution in [0.25, 0.3) is 0 Å². The van der Waals surface area contributed by atoms with E-state index in [1.54, 1.807) is 6.07 Å². The number of fused-ring (bicyclic) bond motifs is 5. The fourth-order valence-electron chi connectivity index (χ4n) is 6.15. The van der Waals surface area contributed by atoms with E-state index in [0.717, 1.165) is 44.1 Å². The number of hydrogen-bond donors (Lipinski definition) is 0. The van der Waals surface area contributed by atoms with Crippen LogP contribution in [0.15, 0.2) is 23.1 Å². The van der Waals surface area contributed by atoms with Crippen molar-refractivity contribution >= 4 is 21.6 Å². The third-order valence-corrected chi connectivity index (χ3v) is 9.59. The second-order valence-corrected chi connectivity index (χ2v) is 11.3. The summed E-state index contributed by atoms with van der Waals surface area (Å²) >= 11 is 0. The van der Waals surface area contributed by atoms with E-state index in [9.17, 15) is 18.0 Å². The molecule has 1 aromatic carbocycles. The SMILES string of the molecule is COC(=O)CCCS(=O)(=O)c1ccc2c(c1)CC[C@@H]1[C@@H]2CC[C@]2(C)C(=O)CC[C@@H]12. The molecule has 2 fully saturated rings. The third kappa shape index (κ3) is 3.54. The molecule has 0 saturated heterocycles. The fourth-order valence-corrected chi connectivity index (χ4v) is 7.51. The molecular formula is C23H30O5S. The lowest BCUT2D eigenvalue weighted by Gasteiger charge is -2.48. The van der Waals surface area contributed by atoms with Gasteiger partial charge in [0.15, 0.2) is 9.84 Å². The Hall–Kier alpha value is -1.69. The zero-order chi connectivity index (χ0) is 20.8. The van der Waals surface area contributed by atoms with E-state index >= 15 is 0 Å². The van der Waals surface area contributed by atoms with Gasteiger partial charge in [0.05, 0.1) is 17.8 Å². The molecule has 0 heterocycles. The molecule has 0 N–H and O–H groups in total. The summed E-state index contributed by atoms with van der Waals surface area (Å²) in [5.74, 6) is 1.47. The van der Waals surface area contributed by atoms with E-state index in [-0.39, 0.29) is 30.0 Å². The molecule has 0 spiro atoms. The largest absolute Gasteiger partial charge is 0.469 e. The molecule has 0 bridgehead atoms. The number of hydrogen-bond acceptors (Lipinski definition) is 5. The van der Waals surface area contributed by atoms with E-state index in [0.29, 0.717) is 28.4 Å². The van der Waals surface area contributed by atoms with Crippen molar-refractivity contribution in [1.29, 1.82) is 0 Å². The predicted octanol–water partition coefficient (Wildman–Crippen LogP) is 3.84. The third-order valence-electron chi connectivity index (χ3n) is 7.79. The highest BCUT2D eigenvalue weighted by atomic mass is 32.2. The zero-order valence-electron chi connectivity index (χ0n) is 17.3. The monoisotopic (exact) mass is 418 g/mol. The van der Waals surface area contributed by atoms with Crippen molar-refractivity contribution in [3.63, 3.8) is 0 Å². The molecule has 2 saturated carbocycles. The average Bonchev–Trinajstić information content (AvgIpc) is 3.01. The Balaban J connectivity index is 1.53. The van der Waals surface area contributed by atoms with Gasteiger partial charge in [0, 0.05) is 18.3 Å². The second-order valence-electron chi connectivity index (χ2n) is 9.19. The number of Topliss-reactive ketones (excluding diaryl/α,β-unsaturated/α-hetero) is 1. The van der Waals surface area contributed by atoms with Crippen LogP contribution in [-0.2, 0) is 30.6 Å². The molecule has 1 aromatic rings. The van der Waals surface area contributed by atoms with E-state index in [1.807, 2.05) is 12.1 Å². The first-order chi connectivity index (χ1) is 13.8. The van der Waals surface area contributed by atoms with Crippen LogP contribution in [0.3, 0.4) is 0 Å². The smallest absolute Gasteiger partial charge is 0.305 e. The summed E-state index contributed by atoms with van der Waals surface area (Å²) in [7, 11) is -2.10. The van der Waals surface area contributed by atoms with Crippen LogP contribution in [0.1, 0.15) is 68.9 Å². The van der Waals surface area contributed by atoms with Crippen molar-refractivity contribution in [2.24, 2.45) is 17.3 Å². The van der Waals surface area contributed by atoms with Crippen LogP contribution in [-0.4, -0.2) is 33.0 Å². The first-order valence-electron chi connectivity index (χ1n) is 10.7. The minimum Gasteiger partial charge on any atom is -0.469 e. The number of carbonyl (C=O) groups excluding carboxylic acids is 2. The summed E-state index contributed by atoms with van der Waals surface area (Å²) in [6.07, 6.45) is 6.00. The highest BCUT2D eigenvalue weighted by Gasteiger charge is 2.54. The summed E-state index contributed by atoms with van der Waals surface area (Å²) in [5.41, 5.74) is 2.30. The summed E-state index contributed by atoms with van der Waals surface area (Å²) in [5, 5.41) is 0. The number of ether oxygens (including phenoxy) is 1. The van der Waals surface area contributed by atoms with E-state index in [1.165, 1.54) is 12.7 Å². The first kappa shape index (κ1) is 20.6. The maximum atomic E-state index is 12.7. The summed E-state index contributed by atoms with van der Waals surface area (Å²) < 4.78 is 30.0. The molecule has 6 heteroatoms. The Morgan fingerprint density at radius 2 is 2.00 bits per heavy atom. The average molecular weight is 419 g/mol. The lowest BCUT2D eigenvalue weighted by molar-refractivity contribution is -0.140. The molecule has 0 radical (unpaired) electrons. The highest BCUT2D eigenvalue weighted by Crippen LogP contribution is 2.59. The van der Waals surface area contributed by atoms with Crippen molar-refractivity contribution < 1.29 is 22.7 Å². The van der Waals surface area contributed by atoms with Gasteiger partial charge in [-0.1, -0.05) is 13.0 Å². The van der Waals surface area contributed by atoms with Gasteiger partial charge in [-0.05, 0) is 79.5 Å². The normalized spacial score (nSPS) is 31.0. The van der Waals surface area contributed by atoms with Crippen LogP contribution in [0.4, 0.5) is 0 Å². The van der Waals surface area contributed by atoms with Gasteiger partial charge in [-0.25, -0.2) is 8.42 Å². The van der Waals surface area contributed by atoms with Crippen molar-refractivity contribution in [3.05, 3.63) is 29.3 Å². The summed E-state index contributed by atoms with van der Waals surface area (Å²) in [6, 6.07) is 5.60. The Morgan fingerprint density at radius 3 is 2.76 bits per heavy atom. The minimum absolute atomic E-state index is 0.0462. The summed E-state index contributed by atoms with van der Waals surface area (Å²) in [6.45, 7) is 2.17. The van der Waals surface area contributed by atoms with E-state index in [4.69, 9.17) is 0 Å². The molecule has 3 aliphatic rings. The van der Waals surface area contributed by atoms with Crippen LogP contribution < -0.4 is 0 Å². The first-order valence-corrected chi connectivity index (χ1v) is 12.4. The molecule has 0 unspecified atom stereocenters. The maximum Gasteiger partial charge on any atom is 0.305 e. The number of sulfone groups is 1. The summed E-state index contributed by atoms with van der Waals surface area (Å²) in [4.78, 5) is 24.1. The molecule has 0 aromatic heterocycles. The van der Waals surface area contributed by atoms with E-state index < -0.39 is 9.84 Å². The molecular weight excluding hydrogens is 388 g/mol. The van der Waals surface area contributed by atoms with Crippen molar-refractivity contribution in [2.45, 2.75) is 69.1 Å². The van der Waals surface area contributed by atoms with Gasteiger partial charge in [0.25, 0.3) is 0 Å². The van der Waals surface area contributed by atoms with Crippen molar-refractivity contribution in [2.75, 3.05) is 12.9 Å². The van der Waals surface area contributed by atoms with Gasteiger partial charge in [-0.15, -0.1) is 0 Å². The number of rotatable bonds is 5. The highest BCUT2D eigenvalue weighted by molar-refractivity contribution is 7.91. The Bertz CT molecular complexity index is 935. The predicted molar refractivity (Wildman–Crippen MR) is 109 cm³/mol. The molecule has 5 nitrogen and oxygen atoms in total. The van der Waals surface area contributed by atoms with Crippen LogP contribution in [0.2, 0.25) is 0 Å². The van der Waals surface area contributed by atoms with Gasteiger partial charge in [-0.2, -0.15) is 0 Å². The maximum absolute atomic E-state index is 12.7. The molecule has 158 valence electrons.